The van der Waals surface area contributed by atoms with E-state index in [4.69, 9.17) is 4.74 Å². The van der Waals surface area contributed by atoms with E-state index in [9.17, 15) is 4.79 Å². The molecule has 4 aliphatic rings. The van der Waals surface area contributed by atoms with Crippen LogP contribution in [0.5, 0.6) is 0 Å². The number of esters is 1. The van der Waals surface area contributed by atoms with Crippen molar-refractivity contribution in [2.45, 2.75) is 221 Å². The van der Waals surface area contributed by atoms with Gasteiger partial charge in [-0.15, -0.1) is 0 Å². The molecule has 0 spiro atoms. The summed E-state index contributed by atoms with van der Waals surface area (Å²) in [4.78, 5) is 12.9. The summed E-state index contributed by atoms with van der Waals surface area (Å²) in [5, 5.41) is 0. The Bertz CT molecular complexity index is 1080. The smallest absolute Gasteiger partial charge is 0.306 e. The third-order valence-corrected chi connectivity index (χ3v) is 14.9. The fourth-order valence-electron chi connectivity index (χ4n) is 11.8. The van der Waals surface area contributed by atoms with Crippen molar-refractivity contribution in [2.24, 2.45) is 46.3 Å². The Morgan fingerprint density at radius 3 is 2.12 bits per heavy atom. The van der Waals surface area contributed by atoms with Gasteiger partial charge in [0.1, 0.15) is 6.10 Å². The van der Waals surface area contributed by atoms with Crippen molar-refractivity contribution in [3.8, 4) is 0 Å². The minimum Gasteiger partial charge on any atom is -0.462 e. The molecular formula is C49H84O2. The maximum absolute atomic E-state index is 12.9. The lowest BCUT2D eigenvalue weighted by atomic mass is 9.47. The molecule has 0 aromatic carbocycles. The van der Waals surface area contributed by atoms with Gasteiger partial charge in [0.2, 0.25) is 0 Å². The molecule has 2 heteroatoms. The van der Waals surface area contributed by atoms with E-state index in [0.717, 1.165) is 61.2 Å². The first-order chi connectivity index (χ1) is 24.7. The summed E-state index contributed by atoms with van der Waals surface area (Å²) in [6, 6.07) is 0. The normalized spacial score (nSPS) is 31.1. The minimum absolute atomic E-state index is 0.0582. The fraction of sp³-hybridized carbons (Fsp3) is 0.857. The van der Waals surface area contributed by atoms with Gasteiger partial charge in [-0.3, -0.25) is 4.79 Å². The summed E-state index contributed by atoms with van der Waals surface area (Å²) in [7, 11) is 0. The lowest BCUT2D eigenvalue weighted by Gasteiger charge is -2.58. The van der Waals surface area contributed by atoms with Crippen LogP contribution in [0.1, 0.15) is 215 Å². The zero-order chi connectivity index (χ0) is 36.5. The highest BCUT2D eigenvalue weighted by molar-refractivity contribution is 5.69. The van der Waals surface area contributed by atoms with E-state index in [1.54, 1.807) is 5.57 Å². The van der Waals surface area contributed by atoms with E-state index in [1.165, 1.54) is 141 Å². The van der Waals surface area contributed by atoms with Crippen LogP contribution in [0, 0.1) is 46.3 Å². The number of carbonyl (C=O) groups is 1. The van der Waals surface area contributed by atoms with Gasteiger partial charge in [0.15, 0.2) is 0 Å². The van der Waals surface area contributed by atoms with Crippen LogP contribution in [-0.2, 0) is 9.53 Å². The van der Waals surface area contributed by atoms with E-state index in [2.05, 4.69) is 71.9 Å². The fourth-order valence-corrected chi connectivity index (χ4v) is 11.8. The molecule has 4 rings (SSSR count). The van der Waals surface area contributed by atoms with Gasteiger partial charge in [-0.05, 0) is 130 Å². The van der Waals surface area contributed by atoms with Crippen molar-refractivity contribution < 1.29 is 9.53 Å². The van der Waals surface area contributed by atoms with E-state index < -0.39 is 0 Å². The van der Waals surface area contributed by atoms with E-state index in [1.807, 2.05) is 0 Å². The van der Waals surface area contributed by atoms with Crippen molar-refractivity contribution in [2.75, 3.05) is 0 Å². The van der Waals surface area contributed by atoms with Crippen LogP contribution in [0.4, 0.5) is 0 Å². The number of carbonyl (C=O) groups excluding carboxylic acids is 1. The molecule has 51 heavy (non-hydrogen) atoms. The third kappa shape index (κ3) is 12.6. The molecule has 0 N–H and O–H groups in total. The van der Waals surface area contributed by atoms with Crippen LogP contribution in [0.25, 0.3) is 0 Å². The standard InChI is InChI=1S/C49H84O2/c1-7-8-9-10-11-12-13-14-15-16-17-18-19-20-21-22-23-24-25-29-47(50)51-42-34-36-48(5)41(38-42)30-31-43-45-33-32-44(40(4)28-26-27-39(2)3)49(45,6)37-35-46(43)48/h11-12,14-15,30,39-40,42-46H,7-10,13,16-29,31-38H2,1-6H3/b12-11+,15-14+/t40-,42+,43+,44-,45+,46+,48+,49-/m1/s1. The summed E-state index contributed by atoms with van der Waals surface area (Å²) >= 11 is 0. The second kappa shape index (κ2) is 22.2. The second-order valence-electron chi connectivity index (χ2n) is 19.0. The first-order valence-corrected chi connectivity index (χ1v) is 22.9. The highest BCUT2D eigenvalue weighted by Crippen LogP contribution is 2.67. The molecular weight excluding hydrogens is 621 g/mol. The first-order valence-electron chi connectivity index (χ1n) is 22.9. The number of fused-ring (bicyclic) bond motifs is 5. The number of rotatable bonds is 24. The first kappa shape index (κ1) is 42.4. The van der Waals surface area contributed by atoms with Crippen molar-refractivity contribution in [1.29, 1.82) is 0 Å². The Labute approximate surface area is 317 Å². The van der Waals surface area contributed by atoms with Gasteiger partial charge in [0.25, 0.3) is 0 Å². The van der Waals surface area contributed by atoms with Gasteiger partial charge < -0.3 is 4.74 Å². The van der Waals surface area contributed by atoms with Crippen molar-refractivity contribution in [1.82, 2.24) is 0 Å². The molecule has 0 amide bonds. The molecule has 0 radical (unpaired) electrons. The van der Waals surface area contributed by atoms with Gasteiger partial charge in [-0.25, -0.2) is 0 Å². The van der Waals surface area contributed by atoms with Crippen molar-refractivity contribution >= 4 is 5.97 Å². The van der Waals surface area contributed by atoms with Gasteiger partial charge in [-0.1, -0.05) is 155 Å². The molecule has 0 bridgehead atoms. The molecule has 3 saturated carbocycles. The summed E-state index contributed by atoms with van der Waals surface area (Å²) in [6.07, 6.45) is 46.4. The molecule has 0 heterocycles. The molecule has 4 aliphatic carbocycles. The molecule has 3 fully saturated rings. The molecule has 292 valence electrons. The van der Waals surface area contributed by atoms with Crippen LogP contribution in [0.2, 0.25) is 0 Å². The maximum atomic E-state index is 12.9. The molecule has 0 unspecified atom stereocenters. The van der Waals surface area contributed by atoms with Crippen LogP contribution < -0.4 is 0 Å². The van der Waals surface area contributed by atoms with Crippen LogP contribution in [0.3, 0.4) is 0 Å². The molecule has 0 aliphatic heterocycles. The molecule has 0 saturated heterocycles. The SMILES string of the molecule is CCCCC/C=C/C/C=C/CCCCCCCCCCCC(=O)O[C@H]1CC[C@@]2(C)C(=CC[C@H]3[C@@H]4CC[C@H]([C@H](C)CCCC(C)C)[C@@]4(C)CC[C@@H]32)C1. The molecule has 8 atom stereocenters. The van der Waals surface area contributed by atoms with Crippen LogP contribution >= 0.6 is 0 Å². The van der Waals surface area contributed by atoms with Gasteiger partial charge in [0.05, 0.1) is 0 Å². The molecule has 0 aromatic heterocycles. The number of hydrogen-bond acceptors (Lipinski definition) is 2. The summed E-state index contributed by atoms with van der Waals surface area (Å²) < 4.78 is 6.14. The van der Waals surface area contributed by atoms with E-state index in [-0.39, 0.29) is 12.1 Å². The van der Waals surface area contributed by atoms with Gasteiger partial charge >= 0.3 is 5.97 Å². The quantitative estimate of drug-likeness (QED) is 0.0568. The van der Waals surface area contributed by atoms with Gasteiger partial charge in [0, 0.05) is 12.8 Å². The van der Waals surface area contributed by atoms with Crippen molar-refractivity contribution in [3.63, 3.8) is 0 Å². The Morgan fingerprint density at radius 2 is 1.43 bits per heavy atom. The van der Waals surface area contributed by atoms with E-state index >= 15 is 0 Å². The summed E-state index contributed by atoms with van der Waals surface area (Å²) in [5.74, 6) is 5.31. The maximum Gasteiger partial charge on any atom is 0.306 e. The zero-order valence-electron chi connectivity index (χ0n) is 34.8. The van der Waals surface area contributed by atoms with Crippen LogP contribution in [-0.4, -0.2) is 12.1 Å². The minimum atomic E-state index is 0.0582. The van der Waals surface area contributed by atoms with Crippen LogP contribution in [0.15, 0.2) is 36.0 Å². The predicted molar refractivity (Wildman–Crippen MR) is 221 cm³/mol. The number of ether oxygens (including phenoxy) is 1. The monoisotopic (exact) mass is 705 g/mol. The van der Waals surface area contributed by atoms with E-state index in [0.29, 0.717) is 17.3 Å². The average Bonchev–Trinajstić information content (AvgIpc) is 3.46. The highest BCUT2D eigenvalue weighted by Gasteiger charge is 2.59. The average molecular weight is 705 g/mol. The zero-order valence-corrected chi connectivity index (χ0v) is 34.8. The van der Waals surface area contributed by atoms with Crippen molar-refractivity contribution in [3.05, 3.63) is 36.0 Å². The second-order valence-corrected chi connectivity index (χ2v) is 19.0. The third-order valence-electron chi connectivity index (χ3n) is 14.9. The topological polar surface area (TPSA) is 26.3 Å². The molecule has 2 nitrogen and oxygen atoms in total. The Kier molecular flexibility index (Phi) is 18.4. The largest absolute Gasteiger partial charge is 0.462 e. The highest BCUT2D eigenvalue weighted by atomic mass is 16.5. The Balaban J connectivity index is 1.05. The summed E-state index contributed by atoms with van der Waals surface area (Å²) in [6.45, 7) is 14.9. The lowest BCUT2D eigenvalue weighted by Crippen LogP contribution is -2.51. The number of allylic oxidation sites excluding steroid dienone is 5. The number of unbranched alkanes of at least 4 members (excludes halogenated alkanes) is 12. The lowest BCUT2D eigenvalue weighted by molar-refractivity contribution is -0.151. The molecule has 0 aromatic rings. The Hall–Kier alpha value is -1.31. The Morgan fingerprint density at radius 1 is 0.765 bits per heavy atom. The van der Waals surface area contributed by atoms with Gasteiger partial charge in [-0.2, -0.15) is 0 Å². The predicted octanol–water partition coefficient (Wildman–Crippen LogP) is 15.3. The number of hydrogen-bond donors (Lipinski definition) is 0. The summed E-state index contributed by atoms with van der Waals surface area (Å²) in [5.41, 5.74) is 2.52.